The molecule has 0 bridgehead atoms. The topological polar surface area (TPSA) is 72.9 Å². The van der Waals surface area contributed by atoms with Crippen molar-refractivity contribution >= 4 is 40.2 Å². The number of hydrogen-bond acceptors (Lipinski definition) is 6. The molecule has 1 N–H and O–H groups in total. The summed E-state index contributed by atoms with van der Waals surface area (Å²) in [5.74, 6) is 1.13. The van der Waals surface area contributed by atoms with E-state index in [4.69, 9.17) is 14.2 Å². The van der Waals surface area contributed by atoms with Gasteiger partial charge in [-0.3, -0.25) is 5.32 Å². The minimum Gasteiger partial charge on any atom is -0.497 e. The monoisotopic (exact) mass is 593 g/mol. The number of carbonyl (C=O) groups excluding carboxylic acids is 1. The normalized spacial score (nSPS) is 11.1. The number of nitrogens with one attached hydrogen (secondary N) is 1. The maximum absolute atomic E-state index is 15.6. The first-order valence-corrected chi connectivity index (χ1v) is 12.0. The number of methoxy groups -OCH3 is 2. The summed E-state index contributed by atoms with van der Waals surface area (Å²) in [6.45, 7) is 6.10. The fourth-order valence-corrected chi connectivity index (χ4v) is 3.80. The van der Waals surface area contributed by atoms with E-state index in [0.29, 0.717) is 13.1 Å². The molecule has 0 saturated carbocycles. The third-order valence-electron chi connectivity index (χ3n) is 4.94. The van der Waals surface area contributed by atoms with Gasteiger partial charge in [0.1, 0.15) is 17.1 Å². The van der Waals surface area contributed by atoms with Crippen LogP contribution in [0.3, 0.4) is 0 Å². The van der Waals surface area contributed by atoms with Crippen molar-refractivity contribution in [3.05, 3.63) is 75.2 Å². The van der Waals surface area contributed by atoms with Gasteiger partial charge in [0.25, 0.3) is 0 Å². The van der Waals surface area contributed by atoms with E-state index in [9.17, 15) is 4.79 Å². The van der Waals surface area contributed by atoms with Crippen molar-refractivity contribution in [3.8, 4) is 11.5 Å². The molecule has 0 fully saturated rings. The summed E-state index contributed by atoms with van der Waals surface area (Å²) < 4.78 is 31.6. The van der Waals surface area contributed by atoms with E-state index in [-0.39, 0.29) is 15.1 Å². The quantitative estimate of drug-likeness (QED) is 0.305. The molecule has 0 aliphatic heterocycles. The Morgan fingerprint density at radius 1 is 0.971 bits per heavy atom. The van der Waals surface area contributed by atoms with Crippen LogP contribution in [0, 0.1) is 9.39 Å². The third kappa shape index (κ3) is 7.45. The number of ether oxygens (including phenoxy) is 3. The average Bonchev–Trinajstić information content (AvgIpc) is 2.81. The van der Waals surface area contributed by atoms with Gasteiger partial charge >= 0.3 is 6.09 Å². The number of anilines is 2. The van der Waals surface area contributed by atoms with Gasteiger partial charge in [-0.1, -0.05) is 24.3 Å². The highest BCUT2D eigenvalue weighted by Gasteiger charge is 2.22. The first-order valence-electron chi connectivity index (χ1n) is 10.9. The van der Waals surface area contributed by atoms with Crippen LogP contribution in [0.2, 0.25) is 0 Å². The number of pyridine rings is 1. The first kappa shape index (κ1) is 26.5. The van der Waals surface area contributed by atoms with Crippen molar-refractivity contribution in [1.82, 2.24) is 4.98 Å². The summed E-state index contributed by atoms with van der Waals surface area (Å²) in [5, 5.41) is 2.58. The molecule has 0 atom stereocenters. The Hall–Kier alpha value is -3.08. The lowest BCUT2D eigenvalue weighted by atomic mass is 10.1. The van der Waals surface area contributed by atoms with Crippen LogP contribution in [0.25, 0.3) is 0 Å². The van der Waals surface area contributed by atoms with Crippen molar-refractivity contribution in [2.45, 2.75) is 39.5 Å². The van der Waals surface area contributed by atoms with Crippen LogP contribution >= 0.6 is 22.6 Å². The van der Waals surface area contributed by atoms with Gasteiger partial charge in [0.2, 0.25) is 0 Å². The molecule has 0 spiro atoms. The molecule has 1 heterocycles. The Labute approximate surface area is 218 Å². The zero-order valence-electron chi connectivity index (χ0n) is 20.4. The predicted octanol–water partition coefficient (Wildman–Crippen LogP) is 6.40. The average molecular weight is 593 g/mol. The van der Waals surface area contributed by atoms with E-state index < -0.39 is 17.5 Å². The van der Waals surface area contributed by atoms with Crippen LogP contribution in [0.1, 0.15) is 31.9 Å². The van der Waals surface area contributed by atoms with E-state index in [1.807, 2.05) is 76.0 Å². The van der Waals surface area contributed by atoms with E-state index in [1.54, 1.807) is 35.0 Å². The minimum absolute atomic E-state index is 0.177. The molecular weight excluding hydrogens is 564 g/mol. The molecule has 3 rings (SSSR count). The van der Waals surface area contributed by atoms with Crippen molar-refractivity contribution in [2.75, 3.05) is 24.4 Å². The summed E-state index contributed by atoms with van der Waals surface area (Å²) >= 11 is 1.87. The second kappa shape index (κ2) is 11.6. The largest absolute Gasteiger partial charge is 0.497 e. The number of carbonyl (C=O) groups is 1. The molecule has 35 heavy (non-hydrogen) atoms. The number of rotatable bonds is 8. The molecule has 0 radical (unpaired) electrons. The Balaban J connectivity index is 1.91. The molecule has 1 aromatic heterocycles. The van der Waals surface area contributed by atoms with Crippen molar-refractivity contribution in [2.24, 2.45) is 0 Å². The van der Waals surface area contributed by atoms with Gasteiger partial charge < -0.3 is 19.1 Å². The van der Waals surface area contributed by atoms with Gasteiger partial charge in [-0.15, -0.1) is 0 Å². The summed E-state index contributed by atoms with van der Waals surface area (Å²) in [6, 6.07) is 15.2. The molecule has 3 aromatic rings. The van der Waals surface area contributed by atoms with E-state index >= 15 is 4.39 Å². The number of nitrogens with zero attached hydrogens (tertiary/aromatic N) is 2. The predicted molar refractivity (Wildman–Crippen MR) is 143 cm³/mol. The van der Waals surface area contributed by atoms with Gasteiger partial charge in [0.05, 0.1) is 29.7 Å². The van der Waals surface area contributed by atoms with Crippen LogP contribution in [0.15, 0.2) is 54.7 Å². The molecule has 0 aliphatic rings. The van der Waals surface area contributed by atoms with Crippen LogP contribution in [0.4, 0.5) is 20.7 Å². The second-order valence-electron chi connectivity index (χ2n) is 8.80. The van der Waals surface area contributed by atoms with Crippen LogP contribution in [-0.4, -0.2) is 30.9 Å². The standard InChI is InChI=1S/C26H29FIN3O4/c1-26(2,3)35-25(32)30-21-14-29-24(22(27)23(21)28)31(15-17-6-10-19(33-4)11-7-17)16-18-8-12-20(34-5)13-9-18/h6-14H,15-16H2,1-5H3,(H,30,32). The maximum atomic E-state index is 15.6. The number of amides is 1. The molecule has 1 amide bonds. The van der Waals surface area contributed by atoms with E-state index in [2.05, 4.69) is 10.3 Å². The molecule has 7 nitrogen and oxygen atoms in total. The van der Waals surface area contributed by atoms with Crippen molar-refractivity contribution < 1.29 is 23.4 Å². The van der Waals surface area contributed by atoms with E-state index in [1.165, 1.54) is 6.20 Å². The SMILES string of the molecule is COc1ccc(CN(Cc2ccc(OC)cc2)c2ncc(NC(=O)OC(C)(C)C)c(I)c2F)cc1. The van der Waals surface area contributed by atoms with Gasteiger partial charge in [-0.2, -0.15) is 0 Å². The van der Waals surface area contributed by atoms with Gasteiger partial charge in [0.15, 0.2) is 11.6 Å². The molecule has 0 unspecified atom stereocenters. The summed E-state index contributed by atoms with van der Waals surface area (Å²) in [7, 11) is 3.22. The fourth-order valence-electron chi connectivity index (χ4n) is 3.28. The Kier molecular flexibility index (Phi) is 8.76. The lowest BCUT2D eigenvalue weighted by Gasteiger charge is -2.26. The summed E-state index contributed by atoms with van der Waals surface area (Å²) in [5.41, 5.74) is 1.50. The van der Waals surface area contributed by atoms with Gasteiger partial charge in [0, 0.05) is 13.1 Å². The third-order valence-corrected chi connectivity index (χ3v) is 6.00. The van der Waals surface area contributed by atoms with Gasteiger partial charge in [-0.25, -0.2) is 14.2 Å². The van der Waals surface area contributed by atoms with Crippen molar-refractivity contribution in [1.29, 1.82) is 0 Å². The minimum atomic E-state index is -0.672. The first-order chi connectivity index (χ1) is 16.6. The number of aromatic nitrogens is 1. The molecular formula is C26H29FIN3O4. The lowest BCUT2D eigenvalue weighted by Crippen LogP contribution is -2.28. The number of benzene rings is 2. The highest BCUT2D eigenvalue weighted by molar-refractivity contribution is 14.1. The smallest absolute Gasteiger partial charge is 0.412 e. The van der Waals surface area contributed by atoms with Crippen LogP contribution in [-0.2, 0) is 17.8 Å². The molecule has 9 heteroatoms. The van der Waals surface area contributed by atoms with Crippen LogP contribution in [0.5, 0.6) is 11.5 Å². The van der Waals surface area contributed by atoms with E-state index in [0.717, 1.165) is 22.6 Å². The second-order valence-corrected chi connectivity index (χ2v) is 9.88. The zero-order chi connectivity index (χ0) is 25.6. The highest BCUT2D eigenvalue weighted by Crippen LogP contribution is 2.30. The van der Waals surface area contributed by atoms with Crippen LogP contribution < -0.4 is 19.7 Å². The molecule has 186 valence electrons. The molecule has 0 saturated heterocycles. The number of hydrogen-bond donors (Lipinski definition) is 1. The summed E-state index contributed by atoms with van der Waals surface area (Å²) in [4.78, 5) is 18.4. The zero-order valence-corrected chi connectivity index (χ0v) is 22.6. The fraction of sp³-hybridized carbons (Fsp3) is 0.308. The Morgan fingerprint density at radius 2 is 1.46 bits per heavy atom. The molecule has 0 aliphatic carbocycles. The lowest BCUT2D eigenvalue weighted by molar-refractivity contribution is 0.0635. The summed E-state index contributed by atoms with van der Waals surface area (Å²) in [6.07, 6.45) is 0.775. The van der Waals surface area contributed by atoms with Crippen molar-refractivity contribution in [3.63, 3.8) is 0 Å². The van der Waals surface area contributed by atoms with Gasteiger partial charge in [-0.05, 0) is 78.8 Å². The maximum Gasteiger partial charge on any atom is 0.412 e. The number of halogens is 2. The highest BCUT2D eigenvalue weighted by atomic mass is 127. The Morgan fingerprint density at radius 3 is 1.89 bits per heavy atom. The molecule has 2 aromatic carbocycles. The Bertz CT molecular complexity index is 1100.